The molecular formula is C15H27NO2Si. The van der Waals surface area contributed by atoms with Crippen LogP contribution in [0, 0.1) is 0 Å². The molecule has 0 bridgehead atoms. The Morgan fingerprint density at radius 3 is 2.58 bits per heavy atom. The van der Waals surface area contributed by atoms with Crippen LogP contribution in [-0.2, 0) is 4.43 Å². The molecule has 0 radical (unpaired) electrons. The number of pyridine rings is 1. The van der Waals surface area contributed by atoms with Crippen LogP contribution in [0.4, 0.5) is 0 Å². The van der Waals surface area contributed by atoms with Gasteiger partial charge in [0.15, 0.2) is 8.32 Å². The van der Waals surface area contributed by atoms with Gasteiger partial charge in [-0.1, -0.05) is 26.8 Å². The van der Waals surface area contributed by atoms with Gasteiger partial charge in [0.1, 0.15) is 0 Å². The van der Waals surface area contributed by atoms with Crippen molar-refractivity contribution in [3.05, 3.63) is 30.1 Å². The SMILES string of the molecule is CC(C)(C)[Si](C)(C)OCCCC(O)c1cccnc1. The fourth-order valence-electron chi connectivity index (χ4n) is 1.56. The van der Waals surface area contributed by atoms with E-state index in [0.29, 0.717) is 0 Å². The van der Waals surface area contributed by atoms with E-state index in [0.717, 1.165) is 25.0 Å². The Balaban J connectivity index is 2.32. The molecule has 1 unspecified atom stereocenters. The van der Waals surface area contributed by atoms with Crippen LogP contribution in [0.5, 0.6) is 0 Å². The lowest BCUT2D eigenvalue weighted by Crippen LogP contribution is -2.41. The van der Waals surface area contributed by atoms with Gasteiger partial charge in [-0.25, -0.2) is 0 Å². The number of aromatic nitrogens is 1. The third kappa shape index (κ3) is 5.05. The fraction of sp³-hybridized carbons (Fsp3) is 0.667. The van der Waals surface area contributed by atoms with Crippen molar-refractivity contribution in [3.8, 4) is 0 Å². The topological polar surface area (TPSA) is 42.4 Å². The fourth-order valence-corrected chi connectivity index (χ4v) is 2.65. The summed E-state index contributed by atoms with van der Waals surface area (Å²) in [6.45, 7) is 12.0. The molecule has 0 aliphatic rings. The standard InChI is InChI=1S/C15H27NO2Si/c1-15(2,3)19(4,5)18-11-7-9-14(17)13-8-6-10-16-12-13/h6,8,10,12,14,17H,7,9,11H2,1-5H3. The van der Waals surface area contributed by atoms with Gasteiger partial charge in [0, 0.05) is 19.0 Å². The second-order valence-electron chi connectivity index (χ2n) is 6.55. The van der Waals surface area contributed by atoms with Crippen LogP contribution in [0.25, 0.3) is 0 Å². The van der Waals surface area contributed by atoms with E-state index in [1.54, 1.807) is 12.4 Å². The van der Waals surface area contributed by atoms with Gasteiger partial charge >= 0.3 is 0 Å². The van der Waals surface area contributed by atoms with E-state index in [1.807, 2.05) is 12.1 Å². The van der Waals surface area contributed by atoms with Crippen molar-refractivity contribution in [1.29, 1.82) is 0 Å². The minimum absolute atomic E-state index is 0.245. The van der Waals surface area contributed by atoms with E-state index in [2.05, 4.69) is 38.8 Å². The van der Waals surface area contributed by atoms with Crippen LogP contribution in [0.15, 0.2) is 24.5 Å². The number of nitrogens with zero attached hydrogens (tertiary/aromatic N) is 1. The Morgan fingerprint density at radius 1 is 1.37 bits per heavy atom. The molecule has 0 aliphatic heterocycles. The van der Waals surface area contributed by atoms with E-state index in [-0.39, 0.29) is 5.04 Å². The van der Waals surface area contributed by atoms with Crippen molar-refractivity contribution in [3.63, 3.8) is 0 Å². The summed E-state index contributed by atoms with van der Waals surface area (Å²) >= 11 is 0. The van der Waals surface area contributed by atoms with Crippen LogP contribution in [0.2, 0.25) is 18.1 Å². The van der Waals surface area contributed by atoms with Gasteiger partial charge in [0.2, 0.25) is 0 Å². The van der Waals surface area contributed by atoms with Gasteiger partial charge in [-0.05, 0) is 42.6 Å². The summed E-state index contributed by atoms with van der Waals surface area (Å²) in [6, 6.07) is 3.76. The highest BCUT2D eigenvalue weighted by atomic mass is 28.4. The third-order valence-electron chi connectivity index (χ3n) is 3.96. The van der Waals surface area contributed by atoms with Gasteiger partial charge in [0.05, 0.1) is 6.10 Å². The Kier molecular flexibility index (Phi) is 5.71. The lowest BCUT2D eigenvalue weighted by atomic mass is 10.1. The highest BCUT2D eigenvalue weighted by Crippen LogP contribution is 2.36. The van der Waals surface area contributed by atoms with Crippen LogP contribution >= 0.6 is 0 Å². The van der Waals surface area contributed by atoms with Gasteiger partial charge in [-0.3, -0.25) is 4.98 Å². The molecule has 1 heterocycles. The minimum Gasteiger partial charge on any atom is -0.417 e. The average Bonchev–Trinajstić information content (AvgIpc) is 2.34. The molecule has 1 aromatic heterocycles. The Bertz CT molecular complexity index is 373. The zero-order chi connectivity index (χ0) is 14.5. The zero-order valence-electron chi connectivity index (χ0n) is 12.8. The Hall–Kier alpha value is -0.713. The molecule has 0 aliphatic carbocycles. The van der Waals surface area contributed by atoms with E-state index >= 15 is 0 Å². The number of hydrogen-bond donors (Lipinski definition) is 1. The third-order valence-corrected chi connectivity index (χ3v) is 8.50. The first-order valence-corrected chi connectivity index (χ1v) is 9.87. The highest BCUT2D eigenvalue weighted by molar-refractivity contribution is 6.74. The predicted octanol–water partition coefficient (Wildman–Crippen LogP) is 3.92. The molecule has 1 aromatic rings. The molecule has 1 rings (SSSR count). The predicted molar refractivity (Wildman–Crippen MR) is 81.6 cm³/mol. The smallest absolute Gasteiger partial charge is 0.191 e. The lowest BCUT2D eigenvalue weighted by Gasteiger charge is -2.36. The molecule has 0 amide bonds. The van der Waals surface area contributed by atoms with Crippen molar-refractivity contribution in [2.45, 2.75) is 57.8 Å². The first kappa shape index (κ1) is 16.3. The minimum atomic E-state index is -1.65. The number of hydrogen-bond acceptors (Lipinski definition) is 3. The summed E-state index contributed by atoms with van der Waals surface area (Å²) < 4.78 is 6.09. The molecule has 19 heavy (non-hydrogen) atoms. The molecular weight excluding hydrogens is 254 g/mol. The summed E-state index contributed by atoms with van der Waals surface area (Å²) in [7, 11) is -1.65. The van der Waals surface area contributed by atoms with E-state index in [1.165, 1.54) is 0 Å². The normalized spacial score (nSPS) is 14.4. The quantitative estimate of drug-likeness (QED) is 0.635. The Labute approximate surface area is 118 Å². The molecule has 4 heteroatoms. The van der Waals surface area contributed by atoms with Gasteiger partial charge < -0.3 is 9.53 Å². The second-order valence-corrected chi connectivity index (χ2v) is 11.4. The van der Waals surface area contributed by atoms with Crippen LogP contribution in [0.3, 0.4) is 0 Å². The van der Waals surface area contributed by atoms with Crippen molar-refractivity contribution in [1.82, 2.24) is 4.98 Å². The maximum atomic E-state index is 10.0. The molecule has 0 aromatic carbocycles. The van der Waals surface area contributed by atoms with Crippen LogP contribution in [-0.4, -0.2) is 25.0 Å². The molecule has 108 valence electrons. The number of rotatable bonds is 6. The number of aliphatic hydroxyl groups excluding tert-OH is 1. The first-order valence-electron chi connectivity index (χ1n) is 6.96. The summed E-state index contributed by atoms with van der Waals surface area (Å²) in [5, 5.41) is 10.3. The van der Waals surface area contributed by atoms with E-state index < -0.39 is 14.4 Å². The molecule has 1 atom stereocenters. The second kappa shape index (κ2) is 6.64. The van der Waals surface area contributed by atoms with E-state index in [4.69, 9.17) is 4.43 Å². The van der Waals surface area contributed by atoms with Gasteiger partial charge in [-0.15, -0.1) is 0 Å². The molecule has 1 N–H and O–H groups in total. The maximum absolute atomic E-state index is 10.0. The molecule has 0 saturated heterocycles. The number of aliphatic hydroxyl groups is 1. The van der Waals surface area contributed by atoms with Crippen molar-refractivity contribution < 1.29 is 9.53 Å². The maximum Gasteiger partial charge on any atom is 0.191 e. The van der Waals surface area contributed by atoms with Crippen LogP contribution in [0.1, 0.15) is 45.3 Å². The van der Waals surface area contributed by atoms with Crippen molar-refractivity contribution >= 4 is 8.32 Å². The molecule has 0 fully saturated rings. The highest BCUT2D eigenvalue weighted by Gasteiger charge is 2.36. The van der Waals surface area contributed by atoms with Gasteiger partial charge in [-0.2, -0.15) is 0 Å². The summed E-state index contributed by atoms with van der Waals surface area (Å²) in [6.07, 6.45) is 4.61. The van der Waals surface area contributed by atoms with Crippen LogP contribution < -0.4 is 0 Å². The summed E-state index contributed by atoms with van der Waals surface area (Å²) in [5.74, 6) is 0. The van der Waals surface area contributed by atoms with E-state index in [9.17, 15) is 5.11 Å². The summed E-state index contributed by atoms with van der Waals surface area (Å²) in [5.41, 5.74) is 0.884. The molecule has 0 saturated carbocycles. The average molecular weight is 281 g/mol. The monoisotopic (exact) mass is 281 g/mol. The largest absolute Gasteiger partial charge is 0.417 e. The van der Waals surface area contributed by atoms with Crippen molar-refractivity contribution in [2.24, 2.45) is 0 Å². The summed E-state index contributed by atoms with van der Waals surface area (Å²) in [4.78, 5) is 4.02. The first-order chi connectivity index (χ1) is 8.74. The lowest BCUT2D eigenvalue weighted by molar-refractivity contribution is 0.152. The van der Waals surface area contributed by atoms with Crippen molar-refractivity contribution in [2.75, 3.05) is 6.61 Å². The molecule has 3 nitrogen and oxygen atoms in total. The molecule has 0 spiro atoms. The Morgan fingerprint density at radius 2 is 2.05 bits per heavy atom. The van der Waals surface area contributed by atoms with Gasteiger partial charge in [0.25, 0.3) is 0 Å². The zero-order valence-corrected chi connectivity index (χ0v) is 13.8.